The highest BCUT2D eigenvalue weighted by atomic mass is 16.3. The minimum atomic E-state index is -0.755. The zero-order chi connectivity index (χ0) is 42.6. The van der Waals surface area contributed by atoms with Crippen LogP contribution in [0.3, 0.4) is 0 Å². The molecule has 0 saturated heterocycles. The lowest BCUT2D eigenvalue weighted by Gasteiger charge is -2.37. The monoisotopic (exact) mass is 760 g/mol. The largest absolute Gasteiger partial charge is 0.396 e. The predicted molar refractivity (Wildman–Crippen MR) is 209 cm³/mol. The number of aliphatic hydroxyl groups excluding tert-OH is 1. The number of nitrogens with one attached hydrogen (secondary N) is 3. The maximum absolute atomic E-state index is 11.2. The molecule has 3 rings (SSSR count). The Morgan fingerprint density at radius 3 is 0.912 bits per heavy atom. The first-order chi connectivity index (χ1) is 27.0. The third-order valence-corrected chi connectivity index (χ3v) is 11.0. The van der Waals surface area contributed by atoms with Gasteiger partial charge in [-0.2, -0.15) is 47.4 Å². The van der Waals surface area contributed by atoms with Crippen molar-refractivity contribution in [3.8, 4) is 54.6 Å². The molecule has 0 aromatic rings. The molecule has 0 saturated carbocycles. The Morgan fingerprint density at radius 2 is 0.719 bits per heavy atom. The number of aliphatic hydroxyl groups is 1. The number of nitriles is 9. The highest BCUT2D eigenvalue weighted by molar-refractivity contribution is 5.59. The molecule has 13 heteroatoms. The van der Waals surface area contributed by atoms with Gasteiger partial charge in [-0.25, -0.2) is 0 Å². The average Bonchev–Trinajstić information content (AvgIpc) is 3.15. The number of hydrogen-bond donors (Lipinski definition) is 4. The Morgan fingerprint density at radius 1 is 0.474 bits per heavy atom. The van der Waals surface area contributed by atoms with Crippen LogP contribution in [0.25, 0.3) is 0 Å². The molecule has 0 aliphatic heterocycles. The topological polar surface area (TPSA) is 270 Å². The van der Waals surface area contributed by atoms with Crippen molar-refractivity contribution in [3.63, 3.8) is 0 Å². The summed E-state index contributed by atoms with van der Waals surface area (Å²) in [4.78, 5) is 0. The zero-order valence-corrected chi connectivity index (χ0v) is 33.7. The third kappa shape index (κ3) is 10.7. The van der Waals surface area contributed by atoms with E-state index in [1.54, 1.807) is 0 Å². The number of rotatable bonds is 13. The van der Waals surface area contributed by atoms with E-state index in [-0.39, 0.29) is 56.3 Å². The zero-order valence-electron chi connectivity index (χ0n) is 33.7. The second-order valence-corrected chi connectivity index (χ2v) is 17.4. The summed E-state index contributed by atoms with van der Waals surface area (Å²) in [6.45, 7) is 12.8. The van der Waals surface area contributed by atoms with Gasteiger partial charge in [0, 0.05) is 60.1 Å². The quantitative estimate of drug-likeness (QED) is 0.142. The van der Waals surface area contributed by atoms with Crippen molar-refractivity contribution in [1.82, 2.24) is 16.0 Å². The molecule has 0 radical (unpaired) electrons. The Balaban J connectivity index is 2.02. The molecule has 0 fully saturated rings. The summed E-state index contributed by atoms with van der Waals surface area (Å²) in [7, 11) is 0. The summed E-state index contributed by atoms with van der Waals surface area (Å²) in [5.41, 5.74) is 1.82. The predicted octanol–water partition coefficient (Wildman–Crippen LogP) is 6.73. The van der Waals surface area contributed by atoms with Gasteiger partial charge in [0.15, 0.2) is 0 Å². The van der Waals surface area contributed by atoms with E-state index in [1.807, 2.05) is 78.0 Å². The molecule has 0 unspecified atom stereocenters. The van der Waals surface area contributed by atoms with Crippen LogP contribution in [0, 0.1) is 124 Å². The van der Waals surface area contributed by atoms with Crippen LogP contribution in [-0.2, 0) is 0 Å². The molecule has 0 amide bonds. The molecular formula is C44H48N12O. The summed E-state index contributed by atoms with van der Waals surface area (Å²) < 4.78 is 0. The van der Waals surface area contributed by atoms with Crippen LogP contribution in [0.1, 0.15) is 99.3 Å². The molecule has 0 aromatic heterocycles. The normalized spacial score (nSPS) is 18.1. The van der Waals surface area contributed by atoms with Gasteiger partial charge < -0.3 is 21.1 Å². The van der Waals surface area contributed by atoms with Crippen molar-refractivity contribution in [2.45, 2.75) is 99.3 Å². The van der Waals surface area contributed by atoms with Gasteiger partial charge in [0.2, 0.25) is 0 Å². The van der Waals surface area contributed by atoms with E-state index >= 15 is 0 Å². The van der Waals surface area contributed by atoms with E-state index in [2.05, 4.69) is 34.2 Å². The fourth-order valence-electron chi connectivity index (χ4n) is 8.16. The van der Waals surface area contributed by atoms with Gasteiger partial charge in [0.1, 0.15) is 71.3 Å². The second-order valence-electron chi connectivity index (χ2n) is 17.4. The van der Waals surface area contributed by atoms with Crippen molar-refractivity contribution in [2.75, 3.05) is 26.2 Å². The lowest BCUT2D eigenvalue weighted by atomic mass is 9.72. The summed E-state index contributed by atoms with van der Waals surface area (Å²) in [5, 5.41) is 110. The Kier molecular flexibility index (Phi) is 14.6. The van der Waals surface area contributed by atoms with Crippen LogP contribution in [0.15, 0.2) is 67.2 Å². The first-order valence-corrected chi connectivity index (χ1v) is 18.8. The van der Waals surface area contributed by atoms with Gasteiger partial charge in [-0.05, 0) is 79.4 Å². The molecule has 0 spiro atoms. The average molecular weight is 761 g/mol. The summed E-state index contributed by atoms with van der Waals surface area (Å²) in [5.74, 6) is 0. The molecule has 0 heterocycles. The van der Waals surface area contributed by atoms with Crippen molar-refractivity contribution in [2.24, 2.45) is 21.7 Å². The minimum Gasteiger partial charge on any atom is -0.396 e. The fraction of sp³-hybridized carbons (Fsp3) is 0.523. The first-order valence-electron chi connectivity index (χ1n) is 18.8. The molecule has 4 N–H and O–H groups in total. The number of hydrogen-bond acceptors (Lipinski definition) is 13. The smallest absolute Gasteiger partial charge is 0.134 e. The van der Waals surface area contributed by atoms with Crippen LogP contribution < -0.4 is 16.0 Å². The standard InChI is InChI=1S/C44H48N12O/c1-41(2)13-32(29(19-45)20-46)35(25-51)38(16-41)54-10-7-44(28-57,8-11-55-39-17-42(3,4)14-33(36(39)26-52)30(21-47)22-48)9-12-56-40-18-43(5,6)15-34(37(40)27-53)31(23-49)24-50/h54-57H,7-18,28H2,1-6H3. The molecule has 0 bridgehead atoms. The summed E-state index contributed by atoms with van der Waals surface area (Å²) in [6.07, 6.45) is 3.96. The van der Waals surface area contributed by atoms with E-state index in [9.17, 15) is 52.5 Å². The second kappa shape index (κ2) is 18.7. The highest BCUT2D eigenvalue weighted by Crippen LogP contribution is 2.45. The summed E-state index contributed by atoms with van der Waals surface area (Å²) in [6, 6.07) is 18.2. The Hall–Kier alpha value is -6.79. The van der Waals surface area contributed by atoms with Crippen LogP contribution >= 0.6 is 0 Å². The Labute approximate surface area is 336 Å². The maximum Gasteiger partial charge on any atom is 0.134 e. The van der Waals surface area contributed by atoms with Gasteiger partial charge in [0.05, 0.1) is 16.7 Å². The van der Waals surface area contributed by atoms with Crippen molar-refractivity contribution in [3.05, 3.63) is 67.2 Å². The number of allylic oxidation sites excluding steroid dienone is 12. The molecule has 290 valence electrons. The van der Waals surface area contributed by atoms with Crippen molar-refractivity contribution < 1.29 is 5.11 Å². The SMILES string of the molecule is CC1(C)CC(NCCC(CO)(CCNC2=C(C#N)C(=C(C#N)C#N)CC(C)(C)C2)CCNC2=C(C#N)C(=C(C#N)C#N)CC(C)(C)C2)=C(C#N)C(=C(C#N)C#N)C1. The molecule has 3 aliphatic rings. The molecule has 0 aromatic carbocycles. The van der Waals surface area contributed by atoms with Crippen LogP contribution in [0.4, 0.5) is 0 Å². The lowest BCUT2D eigenvalue weighted by Crippen LogP contribution is -2.38. The van der Waals surface area contributed by atoms with Crippen LogP contribution in [0.2, 0.25) is 0 Å². The lowest BCUT2D eigenvalue weighted by molar-refractivity contribution is 0.0960. The third-order valence-electron chi connectivity index (χ3n) is 11.0. The Bertz CT molecular complexity index is 1950. The minimum absolute atomic E-state index is 0.0985. The van der Waals surface area contributed by atoms with E-state index in [0.29, 0.717) is 111 Å². The molecule has 57 heavy (non-hydrogen) atoms. The van der Waals surface area contributed by atoms with E-state index in [4.69, 9.17) is 0 Å². The van der Waals surface area contributed by atoms with Gasteiger partial charge in [-0.15, -0.1) is 0 Å². The van der Waals surface area contributed by atoms with Gasteiger partial charge >= 0.3 is 0 Å². The van der Waals surface area contributed by atoms with Crippen LogP contribution in [0.5, 0.6) is 0 Å². The van der Waals surface area contributed by atoms with E-state index in [0.717, 1.165) is 0 Å². The molecule has 3 aliphatic carbocycles. The van der Waals surface area contributed by atoms with Gasteiger partial charge in [-0.1, -0.05) is 41.5 Å². The van der Waals surface area contributed by atoms with Gasteiger partial charge in [-0.3, -0.25) is 0 Å². The van der Waals surface area contributed by atoms with Crippen molar-refractivity contribution in [1.29, 1.82) is 47.4 Å². The first kappa shape index (κ1) is 44.6. The summed E-state index contributed by atoms with van der Waals surface area (Å²) >= 11 is 0. The maximum atomic E-state index is 11.2. The van der Waals surface area contributed by atoms with Crippen molar-refractivity contribution >= 4 is 0 Å². The van der Waals surface area contributed by atoms with E-state index in [1.165, 1.54) is 0 Å². The van der Waals surface area contributed by atoms with Crippen LogP contribution in [-0.4, -0.2) is 31.3 Å². The highest BCUT2D eigenvalue weighted by Gasteiger charge is 2.37. The molecule has 13 nitrogen and oxygen atoms in total. The fourth-order valence-corrected chi connectivity index (χ4v) is 8.16. The molecular weight excluding hydrogens is 713 g/mol. The molecule has 0 atom stereocenters. The number of nitrogens with zero attached hydrogens (tertiary/aromatic N) is 9. The van der Waals surface area contributed by atoms with E-state index < -0.39 is 5.41 Å². The van der Waals surface area contributed by atoms with Gasteiger partial charge in [0.25, 0.3) is 0 Å².